The predicted molar refractivity (Wildman–Crippen MR) is 96.9 cm³/mol. The minimum atomic E-state index is -0.0662. The van der Waals surface area contributed by atoms with Crippen LogP contribution in [0.1, 0.15) is 55.5 Å². The highest BCUT2D eigenvalue weighted by Crippen LogP contribution is 2.25. The van der Waals surface area contributed by atoms with Gasteiger partial charge in [-0.2, -0.15) is 0 Å². The summed E-state index contributed by atoms with van der Waals surface area (Å²) in [6, 6.07) is 5.57. The Morgan fingerprint density at radius 2 is 2.04 bits per heavy atom. The molecule has 4 N–H and O–H groups in total. The number of rotatable bonds is 6. The van der Waals surface area contributed by atoms with Crippen LogP contribution in [0.4, 0.5) is 5.69 Å². The fraction of sp³-hybridized carbons (Fsp3) is 0.579. The van der Waals surface area contributed by atoms with E-state index in [4.69, 9.17) is 5.73 Å². The molecule has 0 radical (unpaired) electrons. The van der Waals surface area contributed by atoms with Crippen molar-refractivity contribution in [2.75, 3.05) is 11.9 Å². The number of hydrogen-bond donors (Lipinski definition) is 3. The molecule has 1 aliphatic carbocycles. The van der Waals surface area contributed by atoms with E-state index in [1.165, 1.54) is 0 Å². The van der Waals surface area contributed by atoms with Crippen LogP contribution < -0.4 is 16.4 Å². The van der Waals surface area contributed by atoms with Gasteiger partial charge in [0.1, 0.15) is 0 Å². The number of benzene rings is 1. The number of carbonyl (C=O) groups is 2. The number of nitrogens with two attached hydrogens (primary N) is 1. The van der Waals surface area contributed by atoms with Crippen LogP contribution in [0.2, 0.25) is 0 Å². The van der Waals surface area contributed by atoms with Crippen LogP contribution in [0.3, 0.4) is 0 Å². The maximum absolute atomic E-state index is 12.5. The van der Waals surface area contributed by atoms with Crippen molar-refractivity contribution < 1.29 is 9.59 Å². The van der Waals surface area contributed by atoms with Crippen LogP contribution in [0.15, 0.2) is 18.2 Å². The van der Waals surface area contributed by atoms with Crippen LogP contribution in [0.25, 0.3) is 0 Å². The molecule has 2 unspecified atom stereocenters. The fourth-order valence-corrected chi connectivity index (χ4v) is 3.28. The predicted octanol–water partition coefficient (Wildman–Crippen LogP) is 2.84. The first-order valence-corrected chi connectivity index (χ1v) is 8.82. The Bertz CT molecular complexity index is 598. The highest BCUT2D eigenvalue weighted by molar-refractivity contribution is 5.96. The van der Waals surface area contributed by atoms with Gasteiger partial charge in [0.05, 0.1) is 0 Å². The number of amides is 2. The molecule has 0 aliphatic heterocycles. The first kappa shape index (κ1) is 18.5. The molecular formula is C19H29N3O2. The lowest BCUT2D eigenvalue weighted by Crippen LogP contribution is -2.39. The van der Waals surface area contributed by atoms with Crippen molar-refractivity contribution in [2.24, 2.45) is 17.6 Å². The van der Waals surface area contributed by atoms with E-state index in [1.807, 2.05) is 26.8 Å². The third-order valence-corrected chi connectivity index (χ3v) is 4.63. The van der Waals surface area contributed by atoms with Crippen LogP contribution >= 0.6 is 0 Å². The van der Waals surface area contributed by atoms with Crippen molar-refractivity contribution in [3.05, 3.63) is 29.3 Å². The second kappa shape index (κ2) is 8.29. The lowest BCUT2D eigenvalue weighted by atomic mass is 10.0. The summed E-state index contributed by atoms with van der Waals surface area (Å²) < 4.78 is 0. The van der Waals surface area contributed by atoms with Crippen molar-refractivity contribution in [1.82, 2.24) is 5.32 Å². The number of carbonyl (C=O) groups excluding carboxylic acids is 2. The first-order chi connectivity index (χ1) is 11.4. The molecule has 0 aromatic heterocycles. The van der Waals surface area contributed by atoms with Gasteiger partial charge in [-0.25, -0.2) is 0 Å². The molecule has 2 rings (SSSR count). The molecule has 1 fully saturated rings. The average molecular weight is 331 g/mol. The summed E-state index contributed by atoms with van der Waals surface area (Å²) >= 11 is 0. The zero-order chi connectivity index (χ0) is 17.7. The first-order valence-electron chi connectivity index (χ1n) is 8.82. The highest BCUT2D eigenvalue weighted by atomic mass is 16.2. The second-order valence-corrected chi connectivity index (χ2v) is 7.18. The van der Waals surface area contributed by atoms with Gasteiger partial charge in [-0.15, -0.1) is 0 Å². The minimum absolute atomic E-state index is 0.00189. The van der Waals surface area contributed by atoms with Gasteiger partial charge in [-0.05, 0) is 61.9 Å². The van der Waals surface area contributed by atoms with Crippen LogP contribution in [-0.4, -0.2) is 24.4 Å². The summed E-state index contributed by atoms with van der Waals surface area (Å²) in [5, 5.41) is 6.01. The third kappa shape index (κ3) is 4.81. The zero-order valence-electron chi connectivity index (χ0n) is 14.9. The Hall–Kier alpha value is -1.88. The number of nitrogens with one attached hydrogen (secondary N) is 2. The molecule has 1 aromatic carbocycles. The molecule has 1 aromatic rings. The molecule has 2 atom stereocenters. The monoisotopic (exact) mass is 331 g/mol. The summed E-state index contributed by atoms with van der Waals surface area (Å²) in [4.78, 5) is 24.3. The maximum atomic E-state index is 12.5. The lowest BCUT2D eigenvalue weighted by Gasteiger charge is -2.20. The van der Waals surface area contributed by atoms with Gasteiger partial charge in [-0.3, -0.25) is 9.59 Å². The van der Waals surface area contributed by atoms with E-state index in [-0.39, 0.29) is 17.9 Å². The van der Waals surface area contributed by atoms with E-state index in [1.54, 1.807) is 12.1 Å². The SMILES string of the molecule is Cc1cc(C(=O)NC2CCCC2CN)ccc1NC(=O)CC(C)C. The molecule has 5 nitrogen and oxygen atoms in total. The Morgan fingerprint density at radius 1 is 1.29 bits per heavy atom. The summed E-state index contributed by atoms with van der Waals surface area (Å²) in [5.74, 6) is 0.632. The van der Waals surface area contributed by atoms with Gasteiger partial charge in [0, 0.05) is 23.7 Å². The summed E-state index contributed by atoms with van der Waals surface area (Å²) in [6.07, 6.45) is 3.69. The zero-order valence-corrected chi connectivity index (χ0v) is 14.9. The van der Waals surface area contributed by atoms with E-state index >= 15 is 0 Å². The molecular weight excluding hydrogens is 302 g/mol. The van der Waals surface area contributed by atoms with E-state index < -0.39 is 0 Å². The van der Waals surface area contributed by atoms with Crippen molar-refractivity contribution in [1.29, 1.82) is 0 Å². The molecule has 132 valence electrons. The topological polar surface area (TPSA) is 84.2 Å². The molecule has 24 heavy (non-hydrogen) atoms. The molecule has 5 heteroatoms. The molecule has 0 spiro atoms. The molecule has 0 saturated heterocycles. The highest BCUT2D eigenvalue weighted by Gasteiger charge is 2.27. The van der Waals surface area contributed by atoms with Gasteiger partial charge in [0.2, 0.25) is 5.91 Å². The fourth-order valence-electron chi connectivity index (χ4n) is 3.28. The Morgan fingerprint density at radius 3 is 2.67 bits per heavy atom. The quantitative estimate of drug-likeness (QED) is 0.749. The molecule has 0 heterocycles. The summed E-state index contributed by atoms with van der Waals surface area (Å²) in [6.45, 7) is 6.54. The van der Waals surface area contributed by atoms with E-state index in [9.17, 15) is 9.59 Å². The number of aryl methyl sites for hydroxylation is 1. The second-order valence-electron chi connectivity index (χ2n) is 7.18. The minimum Gasteiger partial charge on any atom is -0.349 e. The Labute approximate surface area is 144 Å². The standard InChI is InChI=1S/C19H29N3O2/c1-12(2)9-18(23)21-16-8-7-14(10-13(16)3)19(24)22-17-6-4-5-15(17)11-20/h7-8,10,12,15,17H,4-6,9,11,20H2,1-3H3,(H,21,23)(H,22,24). The van der Waals surface area contributed by atoms with Gasteiger partial charge < -0.3 is 16.4 Å². The van der Waals surface area contributed by atoms with Crippen molar-refractivity contribution in [2.45, 2.75) is 52.5 Å². The average Bonchev–Trinajstić information content (AvgIpc) is 2.95. The molecule has 0 bridgehead atoms. The third-order valence-electron chi connectivity index (χ3n) is 4.63. The molecule has 2 amide bonds. The van der Waals surface area contributed by atoms with Crippen molar-refractivity contribution in [3.63, 3.8) is 0 Å². The van der Waals surface area contributed by atoms with Crippen LogP contribution in [0.5, 0.6) is 0 Å². The number of anilines is 1. The smallest absolute Gasteiger partial charge is 0.251 e. The molecule has 1 aliphatic rings. The van der Waals surface area contributed by atoms with Crippen molar-refractivity contribution >= 4 is 17.5 Å². The Balaban J connectivity index is 2.00. The normalized spacial score (nSPS) is 20.2. The van der Waals surface area contributed by atoms with Gasteiger partial charge in [0.15, 0.2) is 0 Å². The van der Waals surface area contributed by atoms with Gasteiger partial charge in [-0.1, -0.05) is 20.3 Å². The van der Waals surface area contributed by atoms with Gasteiger partial charge >= 0.3 is 0 Å². The van der Waals surface area contributed by atoms with E-state index in [0.29, 0.717) is 30.4 Å². The number of hydrogen-bond acceptors (Lipinski definition) is 3. The Kier molecular flexibility index (Phi) is 6.37. The summed E-state index contributed by atoms with van der Waals surface area (Å²) in [7, 11) is 0. The van der Waals surface area contributed by atoms with Crippen molar-refractivity contribution in [3.8, 4) is 0 Å². The largest absolute Gasteiger partial charge is 0.349 e. The maximum Gasteiger partial charge on any atom is 0.251 e. The molecule has 1 saturated carbocycles. The van der Waals surface area contributed by atoms with Gasteiger partial charge in [0.25, 0.3) is 5.91 Å². The van der Waals surface area contributed by atoms with E-state index in [2.05, 4.69) is 10.6 Å². The summed E-state index contributed by atoms with van der Waals surface area (Å²) in [5.41, 5.74) is 8.05. The van der Waals surface area contributed by atoms with Crippen LogP contribution in [0, 0.1) is 18.8 Å². The van der Waals surface area contributed by atoms with E-state index in [0.717, 1.165) is 30.5 Å². The van der Waals surface area contributed by atoms with Crippen LogP contribution in [-0.2, 0) is 4.79 Å². The lowest BCUT2D eigenvalue weighted by molar-refractivity contribution is -0.116.